The molecule has 1 heterocycles. The van der Waals surface area contributed by atoms with Gasteiger partial charge in [0, 0.05) is 19.5 Å². The number of amides is 1. The Balaban J connectivity index is 1.59. The van der Waals surface area contributed by atoms with Crippen LogP contribution in [0.25, 0.3) is 11.0 Å². The average Bonchev–Trinajstić information content (AvgIpc) is 3.06. The van der Waals surface area contributed by atoms with Crippen molar-refractivity contribution in [3.8, 4) is 0 Å². The van der Waals surface area contributed by atoms with Crippen LogP contribution >= 0.6 is 11.6 Å². The van der Waals surface area contributed by atoms with E-state index in [1.807, 2.05) is 18.2 Å². The van der Waals surface area contributed by atoms with Gasteiger partial charge >= 0.3 is 0 Å². The van der Waals surface area contributed by atoms with Crippen molar-refractivity contribution in [2.24, 2.45) is 0 Å². The summed E-state index contributed by atoms with van der Waals surface area (Å²) in [6.07, 6.45) is 6.61. The number of para-hydroxylation sites is 2. The van der Waals surface area contributed by atoms with Gasteiger partial charge in [-0.25, -0.2) is 4.98 Å². The Kier molecular flexibility index (Phi) is 7.49. The minimum absolute atomic E-state index is 0.126. The topological polar surface area (TPSA) is 46.9 Å². The zero-order valence-corrected chi connectivity index (χ0v) is 17.2. The fourth-order valence-corrected chi connectivity index (χ4v) is 3.67. The van der Waals surface area contributed by atoms with Gasteiger partial charge in [0.05, 0.1) is 21.6 Å². The molecule has 0 unspecified atom stereocenters. The van der Waals surface area contributed by atoms with Crippen molar-refractivity contribution < 1.29 is 4.79 Å². The first-order valence-electron chi connectivity index (χ1n) is 10.2. The number of rotatable bonds is 10. The van der Waals surface area contributed by atoms with E-state index in [4.69, 9.17) is 16.6 Å². The second-order valence-corrected chi connectivity index (χ2v) is 7.48. The Morgan fingerprint density at radius 1 is 1.04 bits per heavy atom. The van der Waals surface area contributed by atoms with Crippen LogP contribution in [-0.4, -0.2) is 22.0 Å². The Bertz CT molecular complexity index is 919. The number of benzene rings is 2. The zero-order valence-electron chi connectivity index (χ0n) is 16.5. The van der Waals surface area contributed by atoms with E-state index >= 15 is 0 Å². The zero-order chi connectivity index (χ0) is 19.8. The third-order valence-electron chi connectivity index (χ3n) is 4.95. The number of halogens is 1. The predicted molar refractivity (Wildman–Crippen MR) is 116 cm³/mol. The van der Waals surface area contributed by atoms with Crippen LogP contribution in [0.1, 0.15) is 55.2 Å². The number of nitrogens with one attached hydrogen (secondary N) is 1. The van der Waals surface area contributed by atoms with Crippen LogP contribution in [0.3, 0.4) is 0 Å². The predicted octanol–water partition coefficient (Wildman–Crippen LogP) is 5.63. The van der Waals surface area contributed by atoms with E-state index in [-0.39, 0.29) is 5.91 Å². The van der Waals surface area contributed by atoms with Crippen molar-refractivity contribution in [1.29, 1.82) is 0 Å². The minimum atomic E-state index is -0.126. The Morgan fingerprint density at radius 2 is 1.82 bits per heavy atom. The maximum absolute atomic E-state index is 12.3. The van der Waals surface area contributed by atoms with E-state index < -0.39 is 0 Å². The minimum Gasteiger partial charge on any atom is -0.352 e. The Labute approximate surface area is 171 Å². The smallest absolute Gasteiger partial charge is 0.252 e. The van der Waals surface area contributed by atoms with E-state index in [9.17, 15) is 4.79 Å². The molecule has 148 valence electrons. The standard InChI is InChI=1S/C23H28ClN3O/c1-2-3-4-9-17-27-21-14-8-7-13-20(21)26-22(27)15-10-16-25-23(28)18-11-5-6-12-19(18)24/h5-8,11-14H,2-4,9-10,15-17H2,1H3,(H,25,28). The van der Waals surface area contributed by atoms with E-state index in [1.165, 1.54) is 31.2 Å². The molecule has 0 aliphatic carbocycles. The molecule has 2 aromatic carbocycles. The van der Waals surface area contributed by atoms with Crippen LogP contribution in [-0.2, 0) is 13.0 Å². The highest BCUT2D eigenvalue weighted by Gasteiger charge is 2.11. The first-order chi connectivity index (χ1) is 13.7. The van der Waals surface area contributed by atoms with Gasteiger partial charge in [0.2, 0.25) is 0 Å². The molecule has 0 saturated carbocycles. The number of aromatic nitrogens is 2. The first kappa shape index (κ1) is 20.4. The maximum Gasteiger partial charge on any atom is 0.252 e. The third kappa shape index (κ3) is 5.14. The number of imidazole rings is 1. The molecule has 1 amide bonds. The van der Waals surface area contributed by atoms with Gasteiger partial charge in [-0.3, -0.25) is 4.79 Å². The second kappa shape index (κ2) is 10.3. The van der Waals surface area contributed by atoms with Crippen LogP contribution in [0.4, 0.5) is 0 Å². The van der Waals surface area contributed by atoms with Gasteiger partial charge < -0.3 is 9.88 Å². The summed E-state index contributed by atoms with van der Waals surface area (Å²) in [6.45, 7) is 3.83. The van der Waals surface area contributed by atoms with Gasteiger partial charge in [-0.05, 0) is 37.1 Å². The Hall–Kier alpha value is -2.33. The average molecular weight is 398 g/mol. The molecule has 0 saturated heterocycles. The summed E-state index contributed by atoms with van der Waals surface area (Å²) >= 11 is 6.09. The molecule has 5 heteroatoms. The fraction of sp³-hybridized carbons (Fsp3) is 0.391. The van der Waals surface area contributed by atoms with E-state index in [1.54, 1.807) is 12.1 Å². The molecule has 0 bridgehead atoms. The third-order valence-corrected chi connectivity index (χ3v) is 5.28. The molecule has 28 heavy (non-hydrogen) atoms. The van der Waals surface area contributed by atoms with Crippen LogP contribution in [0.15, 0.2) is 48.5 Å². The summed E-state index contributed by atoms with van der Waals surface area (Å²) in [5.74, 6) is 0.975. The van der Waals surface area contributed by atoms with Crippen molar-refractivity contribution in [1.82, 2.24) is 14.9 Å². The second-order valence-electron chi connectivity index (χ2n) is 7.07. The quantitative estimate of drug-likeness (QED) is 0.450. The molecule has 1 aromatic heterocycles. The maximum atomic E-state index is 12.3. The molecule has 4 nitrogen and oxygen atoms in total. The number of aryl methyl sites for hydroxylation is 2. The van der Waals surface area contributed by atoms with Crippen LogP contribution < -0.4 is 5.32 Å². The van der Waals surface area contributed by atoms with Gasteiger partial charge in [0.1, 0.15) is 5.82 Å². The normalized spacial score (nSPS) is 11.1. The van der Waals surface area contributed by atoms with Gasteiger partial charge in [0.15, 0.2) is 0 Å². The lowest BCUT2D eigenvalue weighted by molar-refractivity contribution is 0.0953. The fourth-order valence-electron chi connectivity index (χ4n) is 3.45. The monoisotopic (exact) mass is 397 g/mol. The summed E-state index contributed by atoms with van der Waals surface area (Å²) in [6, 6.07) is 15.4. The van der Waals surface area contributed by atoms with Gasteiger partial charge in [-0.2, -0.15) is 0 Å². The van der Waals surface area contributed by atoms with Crippen LogP contribution in [0, 0.1) is 0 Å². The SMILES string of the molecule is CCCCCCn1c(CCCNC(=O)c2ccccc2Cl)nc2ccccc21. The lowest BCUT2D eigenvalue weighted by Gasteiger charge is -2.10. The molecule has 0 atom stereocenters. The number of hydrogen-bond acceptors (Lipinski definition) is 2. The van der Waals surface area contributed by atoms with E-state index in [2.05, 4.69) is 35.0 Å². The number of carbonyl (C=O) groups is 1. The van der Waals surface area contributed by atoms with Crippen LogP contribution in [0.2, 0.25) is 5.02 Å². The lowest BCUT2D eigenvalue weighted by atomic mass is 10.2. The number of hydrogen-bond donors (Lipinski definition) is 1. The summed E-state index contributed by atoms with van der Waals surface area (Å²) < 4.78 is 2.35. The molecular weight excluding hydrogens is 370 g/mol. The molecule has 1 N–H and O–H groups in total. The number of nitrogens with zero attached hydrogens (tertiary/aromatic N) is 2. The largest absolute Gasteiger partial charge is 0.352 e. The summed E-state index contributed by atoms with van der Waals surface area (Å²) in [4.78, 5) is 17.1. The first-order valence-corrected chi connectivity index (χ1v) is 10.6. The van der Waals surface area contributed by atoms with Gasteiger partial charge in [-0.1, -0.05) is 62.1 Å². The van der Waals surface area contributed by atoms with Crippen molar-refractivity contribution in [2.75, 3.05) is 6.54 Å². The van der Waals surface area contributed by atoms with Crippen molar-refractivity contribution >= 4 is 28.5 Å². The molecule has 3 rings (SSSR count). The number of fused-ring (bicyclic) bond motifs is 1. The molecule has 3 aromatic rings. The summed E-state index contributed by atoms with van der Waals surface area (Å²) in [7, 11) is 0. The highest BCUT2D eigenvalue weighted by atomic mass is 35.5. The van der Waals surface area contributed by atoms with E-state index in [0.717, 1.165) is 30.7 Å². The number of carbonyl (C=O) groups excluding carboxylic acids is 1. The summed E-state index contributed by atoms with van der Waals surface area (Å²) in [5, 5.41) is 3.44. The summed E-state index contributed by atoms with van der Waals surface area (Å²) in [5.41, 5.74) is 2.77. The molecule has 0 spiro atoms. The number of unbranched alkanes of at least 4 members (excludes halogenated alkanes) is 3. The van der Waals surface area contributed by atoms with E-state index in [0.29, 0.717) is 17.1 Å². The lowest BCUT2D eigenvalue weighted by Crippen LogP contribution is -2.25. The highest BCUT2D eigenvalue weighted by molar-refractivity contribution is 6.33. The Morgan fingerprint density at radius 3 is 2.64 bits per heavy atom. The van der Waals surface area contributed by atoms with Gasteiger partial charge in [0.25, 0.3) is 5.91 Å². The van der Waals surface area contributed by atoms with Crippen LogP contribution in [0.5, 0.6) is 0 Å². The molecule has 0 fully saturated rings. The van der Waals surface area contributed by atoms with Crippen molar-refractivity contribution in [3.63, 3.8) is 0 Å². The van der Waals surface area contributed by atoms with Crippen molar-refractivity contribution in [2.45, 2.75) is 52.0 Å². The molecule has 0 aliphatic rings. The molecule has 0 radical (unpaired) electrons. The molecule has 0 aliphatic heterocycles. The van der Waals surface area contributed by atoms with Crippen molar-refractivity contribution in [3.05, 3.63) is 64.9 Å². The molecular formula is C23H28ClN3O. The highest BCUT2D eigenvalue weighted by Crippen LogP contribution is 2.19. The van der Waals surface area contributed by atoms with Gasteiger partial charge in [-0.15, -0.1) is 0 Å².